The molecule has 1 aromatic heterocycles. The van der Waals surface area contributed by atoms with Gasteiger partial charge in [-0.3, -0.25) is 14.4 Å². The molecule has 4 rings (SSSR count). The van der Waals surface area contributed by atoms with Crippen LogP contribution in [0.25, 0.3) is 11.0 Å². The first-order valence-corrected chi connectivity index (χ1v) is 14.0. The minimum Gasteiger partial charge on any atom is -0.394 e. The van der Waals surface area contributed by atoms with Gasteiger partial charge in [-0.1, -0.05) is 12.1 Å². The number of hydrogen-bond donors (Lipinski definition) is 5. The predicted molar refractivity (Wildman–Crippen MR) is 150 cm³/mol. The Morgan fingerprint density at radius 3 is 2.60 bits per heavy atom. The van der Waals surface area contributed by atoms with Crippen LogP contribution in [-0.2, 0) is 21.6 Å². The molecule has 0 spiro atoms. The molecule has 1 amide bonds. The number of nitrogens with one attached hydrogen (secondary N) is 4. The number of hydroxylamine groups is 1. The summed E-state index contributed by atoms with van der Waals surface area (Å²) in [4.78, 5) is 21.9. The van der Waals surface area contributed by atoms with E-state index in [1.165, 1.54) is 47.3 Å². The van der Waals surface area contributed by atoms with Crippen LogP contribution in [0.3, 0.4) is 0 Å². The molecule has 0 aliphatic rings. The number of amides is 1. The summed E-state index contributed by atoms with van der Waals surface area (Å²) in [6.45, 7) is -0.845. The van der Waals surface area contributed by atoms with Crippen LogP contribution in [0, 0.1) is 21.0 Å². The Bertz CT molecular complexity index is 1690. The van der Waals surface area contributed by atoms with Gasteiger partial charge in [0.1, 0.15) is 11.3 Å². The topological polar surface area (TPSA) is 147 Å². The zero-order valence-electron chi connectivity index (χ0n) is 20.6. The summed E-state index contributed by atoms with van der Waals surface area (Å²) < 4.78 is 75.2. The SMILES string of the molecule is CNS(=O)(=O)Nc1cccc(Cn2cnc3c(F)c(Nc4ccc(I)cc4F)c(C(=O)NOCCO)cc32)c1F. The van der Waals surface area contributed by atoms with E-state index in [2.05, 4.69) is 20.5 Å². The average molecular weight is 690 g/mol. The Hall–Kier alpha value is -3.45. The average Bonchev–Trinajstić information content (AvgIpc) is 3.32. The lowest BCUT2D eigenvalue weighted by Gasteiger charge is -2.15. The number of aliphatic hydroxyl groups is 1. The van der Waals surface area contributed by atoms with E-state index in [9.17, 15) is 17.6 Å². The normalized spacial score (nSPS) is 11.6. The van der Waals surface area contributed by atoms with E-state index in [0.717, 1.165) is 7.05 Å². The summed E-state index contributed by atoms with van der Waals surface area (Å²) in [5.74, 6) is -3.46. The van der Waals surface area contributed by atoms with Crippen molar-refractivity contribution in [2.45, 2.75) is 6.54 Å². The van der Waals surface area contributed by atoms with Crippen LogP contribution >= 0.6 is 22.6 Å². The van der Waals surface area contributed by atoms with Gasteiger partial charge in [0.25, 0.3) is 16.1 Å². The second-order valence-electron chi connectivity index (χ2n) is 8.19. The molecule has 0 saturated carbocycles. The minimum atomic E-state index is -3.99. The second-order valence-corrected chi connectivity index (χ2v) is 11.1. The summed E-state index contributed by atoms with van der Waals surface area (Å²) in [5, 5.41) is 11.5. The van der Waals surface area contributed by atoms with Crippen molar-refractivity contribution in [3.05, 3.63) is 80.9 Å². The molecule has 3 aromatic carbocycles. The zero-order valence-corrected chi connectivity index (χ0v) is 23.6. The largest absolute Gasteiger partial charge is 0.394 e. The van der Waals surface area contributed by atoms with Gasteiger partial charge in [0.05, 0.1) is 54.2 Å². The van der Waals surface area contributed by atoms with Crippen molar-refractivity contribution in [1.82, 2.24) is 19.8 Å². The standard InChI is InChI=1S/C24H22F3IN6O5S/c1-29-40(37,38)33-18-4-2-3-13(20(18)26)11-34-12-30-23-19(34)10-15(24(36)32-39-8-7-35)22(21(23)27)31-17-6-5-14(28)9-16(17)25/h2-6,9-10,12,29,31,33,35H,7-8,11H2,1H3,(H,32,36). The quantitative estimate of drug-likeness (QED) is 0.0922. The first kappa shape index (κ1) is 29.5. The molecule has 0 aliphatic carbocycles. The Morgan fingerprint density at radius 2 is 1.90 bits per heavy atom. The summed E-state index contributed by atoms with van der Waals surface area (Å²) in [5.41, 5.74) is 0.906. The molecule has 0 saturated heterocycles. The van der Waals surface area contributed by atoms with E-state index in [-0.39, 0.29) is 46.7 Å². The van der Waals surface area contributed by atoms with E-state index >= 15 is 8.78 Å². The number of nitrogens with zero attached hydrogens (tertiary/aromatic N) is 2. The van der Waals surface area contributed by atoms with E-state index in [0.29, 0.717) is 3.57 Å². The van der Waals surface area contributed by atoms with Crippen LogP contribution in [0.2, 0.25) is 0 Å². The number of benzene rings is 3. The fraction of sp³-hybridized carbons (Fsp3) is 0.167. The van der Waals surface area contributed by atoms with Crippen molar-refractivity contribution in [3.8, 4) is 0 Å². The van der Waals surface area contributed by atoms with E-state index in [1.807, 2.05) is 27.3 Å². The van der Waals surface area contributed by atoms with E-state index < -0.39 is 45.9 Å². The lowest BCUT2D eigenvalue weighted by atomic mass is 10.1. The Balaban J connectivity index is 1.78. The smallest absolute Gasteiger partial charge is 0.298 e. The van der Waals surface area contributed by atoms with Crippen LogP contribution in [0.15, 0.2) is 48.8 Å². The predicted octanol–water partition coefficient (Wildman–Crippen LogP) is 3.38. The van der Waals surface area contributed by atoms with E-state index in [4.69, 9.17) is 9.94 Å². The first-order valence-electron chi connectivity index (χ1n) is 11.5. The number of rotatable bonds is 11. The number of carbonyl (C=O) groups is 1. The van der Waals surface area contributed by atoms with Crippen molar-refractivity contribution in [2.75, 3.05) is 30.3 Å². The highest BCUT2D eigenvalue weighted by Gasteiger charge is 2.24. The molecule has 0 unspecified atom stereocenters. The molecule has 11 nitrogen and oxygen atoms in total. The highest BCUT2D eigenvalue weighted by molar-refractivity contribution is 14.1. The molecule has 16 heteroatoms. The monoisotopic (exact) mass is 690 g/mol. The molecule has 0 radical (unpaired) electrons. The molecule has 1 heterocycles. The lowest BCUT2D eigenvalue weighted by molar-refractivity contribution is 0.0169. The van der Waals surface area contributed by atoms with Gasteiger partial charge in [-0.15, -0.1) is 0 Å². The van der Waals surface area contributed by atoms with Crippen molar-refractivity contribution in [3.63, 3.8) is 0 Å². The zero-order chi connectivity index (χ0) is 29.0. The maximum atomic E-state index is 15.8. The molecular formula is C24H22F3IN6O5S. The first-order chi connectivity index (χ1) is 19.0. The molecule has 5 N–H and O–H groups in total. The summed E-state index contributed by atoms with van der Waals surface area (Å²) in [6.07, 6.45) is 1.22. The van der Waals surface area contributed by atoms with Crippen LogP contribution in [0.4, 0.5) is 30.2 Å². The highest BCUT2D eigenvalue weighted by atomic mass is 127. The van der Waals surface area contributed by atoms with Crippen molar-refractivity contribution in [1.29, 1.82) is 0 Å². The van der Waals surface area contributed by atoms with Gasteiger partial charge in [-0.05, 0) is 52.9 Å². The lowest BCUT2D eigenvalue weighted by Crippen LogP contribution is -2.27. The van der Waals surface area contributed by atoms with Gasteiger partial charge in [-0.2, -0.15) is 8.42 Å². The number of fused-ring (bicyclic) bond motifs is 1. The molecule has 40 heavy (non-hydrogen) atoms. The summed E-state index contributed by atoms with van der Waals surface area (Å²) in [6, 6.07) is 9.51. The van der Waals surface area contributed by atoms with Gasteiger partial charge >= 0.3 is 0 Å². The maximum absolute atomic E-state index is 15.8. The van der Waals surface area contributed by atoms with Crippen molar-refractivity contribution >= 4 is 66.8 Å². The summed E-state index contributed by atoms with van der Waals surface area (Å²) >= 11 is 1.91. The Morgan fingerprint density at radius 1 is 1.12 bits per heavy atom. The molecule has 4 aromatic rings. The number of anilines is 3. The molecule has 0 aliphatic heterocycles. The number of aliphatic hydroxyl groups excluding tert-OH is 1. The van der Waals surface area contributed by atoms with Crippen LogP contribution in [0.1, 0.15) is 15.9 Å². The number of aromatic nitrogens is 2. The fourth-order valence-corrected chi connectivity index (χ4v) is 4.69. The third kappa shape index (κ3) is 6.47. The number of halogens is 4. The Labute approximate surface area is 240 Å². The number of imidazole rings is 1. The minimum absolute atomic E-state index is 0.0384. The molecule has 0 atom stereocenters. The highest BCUT2D eigenvalue weighted by Crippen LogP contribution is 2.33. The summed E-state index contributed by atoms with van der Waals surface area (Å²) in [7, 11) is -2.83. The number of carbonyl (C=O) groups excluding carboxylic acids is 1. The fourth-order valence-electron chi connectivity index (χ4n) is 3.69. The van der Waals surface area contributed by atoms with E-state index in [1.54, 1.807) is 6.07 Å². The molecular weight excluding hydrogens is 668 g/mol. The van der Waals surface area contributed by atoms with Gasteiger partial charge in [0.2, 0.25) is 0 Å². The van der Waals surface area contributed by atoms with Gasteiger partial charge in [-0.25, -0.2) is 28.4 Å². The van der Waals surface area contributed by atoms with Crippen LogP contribution in [-0.4, -0.2) is 49.2 Å². The van der Waals surface area contributed by atoms with Crippen molar-refractivity contribution in [2.24, 2.45) is 0 Å². The Kier molecular flexibility index (Phi) is 9.14. The third-order valence-corrected chi connectivity index (χ3v) is 7.28. The second kappa shape index (κ2) is 12.4. The van der Waals surface area contributed by atoms with Gasteiger partial charge < -0.3 is 15.0 Å². The molecule has 0 fully saturated rings. The maximum Gasteiger partial charge on any atom is 0.298 e. The number of hydrogen-bond acceptors (Lipinski definition) is 7. The van der Waals surface area contributed by atoms with Crippen LogP contribution < -0.4 is 20.2 Å². The van der Waals surface area contributed by atoms with Gasteiger partial charge in [0, 0.05) is 16.2 Å². The molecule has 0 bridgehead atoms. The van der Waals surface area contributed by atoms with Crippen molar-refractivity contribution < 1.29 is 36.3 Å². The molecule has 212 valence electrons. The van der Waals surface area contributed by atoms with Gasteiger partial charge in [0.15, 0.2) is 11.6 Å². The third-order valence-electron chi connectivity index (χ3n) is 5.58. The van der Waals surface area contributed by atoms with Crippen LogP contribution in [0.5, 0.6) is 0 Å².